The van der Waals surface area contributed by atoms with Gasteiger partial charge in [-0.2, -0.15) is 0 Å². The summed E-state index contributed by atoms with van der Waals surface area (Å²) in [6.45, 7) is 0. The smallest absolute Gasteiger partial charge is 0.115 e. The van der Waals surface area contributed by atoms with Gasteiger partial charge in [0, 0.05) is 25.9 Å². The van der Waals surface area contributed by atoms with Crippen molar-refractivity contribution in [2.45, 2.75) is 0 Å². The zero-order chi connectivity index (χ0) is 9.42. The van der Waals surface area contributed by atoms with Gasteiger partial charge < -0.3 is 0 Å². The second-order valence-corrected chi connectivity index (χ2v) is 5.02. The number of nitrogens with zero attached hydrogens (tertiary/aromatic N) is 1. The summed E-state index contributed by atoms with van der Waals surface area (Å²) in [5.41, 5.74) is 0. The van der Waals surface area contributed by atoms with Crippen LogP contribution in [0.15, 0.2) is 37.9 Å². The van der Waals surface area contributed by atoms with Crippen LogP contribution in [0, 0.1) is 0 Å². The predicted molar refractivity (Wildman–Crippen MR) is 64.8 cm³/mol. The molecule has 0 N–H and O–H groups in total. The van der Waals surface area contributed by atoms with Crippen LogP contribution in [0.25, 0.3) is 10.8 Å². The van der Waals surface area contributed by atoms with Crippen LogP contribution in [-0.2, 0) is 0 Å². The average molecular weight is 366 g/mol. The van der Waals surface area contributed by atoms with Crippen molar-refractivity contribution in [3.63, 3.8) is 0 Å². The Kier molecular flexibility index (Phi) is 2.72. The lowest BCUT2D eigenvalue weighted by Gasteiger charge is -2.03. The molecule has 1 heterocycles. The first kappa shape index (κ1) is 9.62. The molecule has 0 saturated heterocycles. The molecule has 0 saturated carbocycles. The summed E-state index contributed by atoms with van der Waals surface area (Å²) >= 11 is 10.4. The lowest BCUT2D eigenvalue weighted by atomic mass is 10.2. The summed E-state index contributed by atoms with van der Waals surface area (Å²) in [5, 5.41) is 2.24. The van der Waals surface area contributed by atoms with Gasteiger partial charge in [-0.05, 0) is 37.9 Å². The molecule has 0 bridgehead atoms. The van der Waals surface area contributed by atoms with E-state index in [0.29, 0.717) is 0 Å². The molecule has 1 aromatic carbocycles. The van der Waals surface area contributed by atoms with Crippen LogP contribution in [-0.4, -0.2) is 4.98 Å². The van der Waals surface area contributed by atoms with Gasteiger partial charge in [0.05, 0.1) is 0 Å². The van der Waals surface area contributed by atoms with Gasteiger partial charge in [0.15, 0.2) is 0 Å². The van der Waals surface area contributed by atoms with Crippen molar-refractivity contribution in [2.24, 2.45) is 0 Å². The van der Waals surface area contributed by atoms with E-state index < -0.39 is 0 Å². The Bertz CT molecular complexity index is 459. The van der Waals surface area contributed by atoms with Crippen molar-refractivity contribution in [2.75, 3.05) is 0 Å². The van der Waals surface area contributed by atoms with Crippen molar-refractivity contribution in [1.29, 1.82) is 0 Å². The third-order valence-corrected chi connectivity index (χ3v) is 3.66. The number of fused-ring (bicyclic) bond motifs is 1. The van der Waals surface area contributed by atoms with Gasteiger partial charge in [-0.3, -0.25) is 0 Å². The molecule has 0 aliphatic carbocycles. The summed E-state index contributed by atoms with van der Waals surface area (Å²) in [4.78, 5) is 4.21. The minimum Gasteiger partial charge on any atom is -0.247 e. The molecule has 0 amide bonds. The highest BCUT2D eigenvalue weighted by Crippen LogP contribution is 2.33. The minimum atomic E-state index is 0.859. The third kappa shape index (κ3) is 1.67. The molecular weight excluding hydrogens is 362 g/mol. The van der Waals surface area contributed by atoms with Crippen LogP contribution in [0.3, 0.4) is 0 Å². The zero-order valence-electron chi connectivity index (χ0n) is 6.39. The lowest BCUT2D eigenvalue weighted by molar-refractivity contribution is 1.30. The van der Waals surface area contributed by atoms with Gasteiger partial charge in [-0.25, -0.2) is 4.98 Å². The van der Waals surface area contributed by atoms with Crippen LogP contribution in [0.1, 0.15) is 0 Å². The fourth-order valence-corrected chi connectivity index (χ4v) is 2.96. The monoisotopic (exact) mass is 363 g/mol. The zero-order valence-corrected chi connectivity index (χ0v) is 11.1. The number of pyridine rings is 1. The van der Waals surface area contributed by atoms with E-state index in [1.165, 1.54) is 0 Å². The molecule has 0 spiro atoms. The molecule has 2 aromatic rings. The Labute approximate surface area is 101 Å². The molecule has 0 fully saturated rings. The molecule has 1 aromatic heterocycles. The van der Waals surface area contributed by atoms with Crippen LogP contribution >= 0.6 is 47.8 Å². The largest absolute Gasteiger partial charge is 0.247 e. The Balaban J connectivity index is 3.00. The molecule has 0 aliphatic rings. The third-order valence-electron chi connectivity index (χ3n) is 1.77. The van der Waals surface area contributed by atoms with Gasteiger partial charge in [0.1, 0.15) is 4.60 Å². The number of hydrogen-bond acceptors (Lipinski definition) is 1. The standard InChI is InChI=1S/C9H4Br3N/c10-6-3-1-2-5-7(11)4-13-9(12)8(5)6/h1-4H. The minimum absolute atomic E-state index is 0.859. The number of aromatic nitrogens is 1. The first-order valence-electron chi connectivity index (χ1n) is 3.58. The second kappa shape index (κ2) is 3.67. The normalized spacial score (nSPS) is 10.7. The van der Waals surface area contributed by atoms with Crippen LogP contribution < -0.4 is 0 Å². The molecule has 0 atom stereocenters. The molecule has 13 heavy (non-hydrogen) atoms. The highest BCUT2D eigenvalue weighted by atomic mass is 79.9. The van der Waals surface area contributed by atoms with E-state index >= 15 is 0 Å². The van der Waals surface area contributed by atoms with Crippen molar-refractivity contribution in [3.05, 3.63) is 37.9 Å². The van der Waals surface area contributed by atoms with Crippen LogP contribution in [0.2, 0.25) is 0 Å². The van der Waals surface area contributed by atoms with Crippen molar-refractivity contribution in [1.82, 2.24) is 4.98 Å². The number of benzene rings is 1. The Morgan fingerprint density at radius 1 is 1.00 bits per heavy atom. The van der Waals surface area contributed by atoms with Crippen molar-refractivity contribution >= 4 is 58.6 Å². The summed E-state index contributed by atoms with van der Waals surface area (Å²) in [7, 11) is 0. The van der Waals surface area contributed by atoms with E-state index in [4.69, 9.17) is 0 Å². The lowest BCUT2D eigenvalue weighted by Crippen LogP contribution is -1.82. The van der Waals surface area contributed by atoms with Crippen LogP contribution in [0.4, 0.5) is 0 Å². The summed E-state index contributed by atoms with van der Waals surface area (Å²) in [5.74, 6) is 0. The summed E-state index contributed by atoms with van der Waals surface area (Å²) < 4.78 is 2.91. The van der Waals surface area contributed by atoms with Gasteiger partial charge >= 0.3 is 0 Å². The van der Waals surface area contributed by atoms with Gasteiger partial charge in [0.25, 0.3) is 0 Å². The van der Waals surface area contributed by atoms with Gasteiger partial charge in [0.2, 0.25) is 0 Å². The Hall–Kier alpha value is 0.0700. The van der Waals surface area contributed by atoms with Gasteiger partial charge in [-0.1, -0.05) is 28.1 Å². The molecule has 1 nitrogen and oxygen atoms in total. The fraction of sp³-hybridized carbons (Fsp3) is 0. The SMILES string of the molecule is Brc1cnc(Br)c2c(Br)cccc12. The fourth-order valence-electron chi connectivity index (χ4n) is 1.18. The van der Waals surface area contributed by atoms with Gasteiger partial charge in [-0.15, -0.1) is 0 Å². The summed E-state index contributed by atoms with van der Waals surface area (Å²) in [6, 6.07) is 6.06. The number of halogens is 3. The topological polar surface area (TPSA) is 12.9 Å². The first-order valence-corrected chi connectivity index (χ1v) is 5.96. The molecule has 0 unspecified atom stereocenters. The first-order chi connectivity index (χ1) is 6.20. The molecule has 66 valence electrons. The number of rotatable bonds is 0. The van der Waals surface area contributed by atoms with E-state index in [1.807, 2.05) is 12.1 Å². The summed E-state index contributed by atoms with van der Waals surface area (Å²) in [6.07, 6.45) is 1.79. The molecule has 0 aliphatic heterocycles. The molecule has 4 heteroatoms. The average Bonchev–Trinajstić information content (AvgIpc) is 2.12. The van der Waals surface area contributed by atoms with E-state index in [9.17, 15) is 0 Å². The Morgan fingerprint density at radius 2 is 1.77 bits per heavy atom. The van der Waals surface area contributed by atoms with E-state index in [-0.39, 0.29) is 0 Å². The Morgan fingerprint density at radius 3 is 2.46 bits per heavy atom. The van der Waals surface area contributed by atoms with Crippen LogP contribution in [0.5, 0.6) is 0 Å². The van der Waals surface area contributed by atoms with E-state index in [0.717, 1.165) is 24.3 Å². The molecular formula is C9H4Br3N. The van der Waals surface area contributed by atoms with Crippen molar-refractivity contribution in [3.8, 4) is 0 Å². The second-order valence-electron chi connectivity index (χ2n) is 2.56. The van der Waals surface area contributed by atoms with E-state index in [1.54, 1.807) is 6.20 Å². The predicted octanol–water partition coefficient (Wildman–Crippen LogP) is 4.52. The maximum Gasteiger partial charge on any atom is 0.115 e. The quantitative estimate of drug-likeness (QED) is 0.625. The maximum atomic E-state index is 4.21. The molecule has 2 rings (SSSR count). The highest BCUT2D eigenvalue weighted by Gasteiger charge is 2.06. The number of hydrogen-bond donors (Lipinski definition) is 0. The highest BCUT2D eigenvalue weighted by molar-refractivity contribution is 9.11. The molecule has 0 radical (unpaired) electrons. The van der Waals surface area contributed by atoms with Crippen molar-refractivity contribution < 1.29 is 0 Å². The van der Waals surface area contributed by atoms with E-state index in [2.05, 4.69) is 58.8 Å². The maximum absolute atomic E-state index is 4.21.